The fourth-order valence-electron chi connectivity index (χ4n) is 3.07. The van der Waals surface area contributed by atoms with Crippen molar-refractivity contribution < 1.29 is 13.9 Å². The van der Waals surface area contributed by atoms with Gasteiger partial charge < -0.3 is 19.9 Å². The topological polar surface area (TPSA) is 70.6 Å². The Kier molecular flexibility index (Phi) is 6.62. The molecule has 0 spiro atoms. The van der Waals surface area contributed by atoms with Crippen molar-refractivity contribution in [3.63, 3.8) is 0 Å². The number of anilines is 2. The molecule has 0 aliphatic carbocycles. The first-order chi connectivity index (χ1) is 13.5. The molecule has 1 saturated heterocycles. The summed E-state index contributed by atoms with van der Waals surface area (Å²) < 4.78 is 18.0. The summed E-state index contributed by atoms with van der Waals surface area (Å²) in [5.41, 5.74) is 1.94. The number of carbonyl (C=O) groups excluding carboxylic acids is 1. The van der Waals surface area contributed by atoms with Gasteiger partial charge in [0.05, 0.1) is 6.61 Å². The van der Waals surface area contributed by atoms with E-state index in [1.807, 2.05) is 13.0 Å². The number of halogens is 1. The number of nitrogens with zero attached hydrogens (tertiary/aromatic N) is 4. The van der Waals surface area contributed by atoms with Crippen LogP contribution in [-0.2, 0) is 11.2 Å². The highest BCUT2D eigenvalue weighted by molar-refractivity contribution is 5.68. The van der Waals surface area contributed by atoms with Crippen LogP contribution in [0, 0.1) is 12.7 Å². The second-order valence-electron chi connectivity index (χ2n) is 6.67. The number of aromatic nitrogens is 2. The van der Waals surface area contributed by atoms with E-state index in [9.17, 15) is 9.18 Å². The zero-order valence-corrected chi connectivity index (χ0v) is 16.3. The van der Waals surface area contributed by atoms with Gasteiger partial charge in [-0.1, -0.05) is 12.1 Å². The maximum atomic E-state index is 13.0. The third-order valence-corrected chi connectivity index (χ3v) is 4.56. The van der Waals surface area contributed by atoms with E-state index in [-0.39, 0.29) is 11.9 Å². The fraction of sp³-hybridized carbons (Fsp3) is 0.450. The molecule has 3 rings (SSSR count). The molecule has 1 aromatic heterocycles. The lowest BCUT2D eigenvalue weighted by Crippen LogP contribution is -2.49. The molecule has 2 heterocycles. The Labute approximate surface area is 164 Å². The number of aryl methyl sites for hydroxylation is 1. The Hall–Kier alpha value is -2.90. The molecule has 7 nitrogen and oxygen atoms in total. The van der Waals surface area contributed by atoms with Crippen molar-refractivity contribution in [2.75, 3.05) is 49.5 Å². The summed E-state index contributed by atoms with van der Waals surface area (Å²) in [5.74, 6) is 1.20. The highest BCUT2D eigenvalue weighted by atomic mass is 19.1. The molecule has 1 aromatic carbocycles. The van der Waals surface area contributed by atoms with Gasteiger partial charge in [-0.15, -0.1) is 0 Å². The number of hydrogen-bond donors (Lipinski definition) is 1. The van der Waals surface area contributed by atoms with Crippen molar-refractivity contribution in [3.05, 3.63) is 47.4 Å². The standard InChI is InChI=1S/C20H26FN5O2/c1-3-28-20(27)26-12-10-25(11-13-26)19-23-15(2)14-18(24-19)22-9-8-16-4-6-17(21)7-5-16/h4-7,14H,3,8-13H2,1-2H3,(H,22,23,24). The summed E-state index contributed by atoms with van der Waals surface area (Å²) in [5, 5.41) is 3.32. The second-order valence-corrected chi connectivity index (χ2v) is 6.67. The third-order valence-electron chi connectivity index (χ3n) is 4.56. The van der Waals surface area contributed by atoms with Crippen LogP contribution in [0.3, 0.4) is 0 Å². The summed E-state index contributed by atoms with van der Waals surface area (Å²) in [6.07, 6.45) is 0.507. The van der Waals surface area contributed by atoms with Crippen molar-refractivity contribution in [2.24, 2.45) is 0 Å². The Bertz CT molecular complexity index is 792. The monoisotopic (exact) mass is 387 g/mol. The summed E-state index contributed by atoms with van der Waals surface area (Å²) >= 11 is 0. The van der Waals surface area contributed by atoms with Crippen molar-refractivity contribution in [3.8, 4) is 0 Å². The summed E-state index contributed by atoms with van der Waals surface area (Å²) in [6, 6.07) is 8.42. The van der Waals surface area contributed by atoms with Gasteiger partial charge in [0.1, 0.15) is 11.6 Å². The minimum Gasteiger partial charge on any atom is -0.450 e. The molecule has 1 amide bonds. The van der Waals surface area contributed by atoms with Crippen LogP contribution in [0.5, 0.6) is 0 Å². The Morgan fingerprint density at radius 1 is 1.18 bits per heavy atom. The molecule has 150 valence electrons. The molecule has 0 radical (unpaired) electrons. The number of rotatable bonds is 6. The first-order valence-corrected chi connectivity index (χ1v) is 9.56. The van der Waals surface area contributed by atoms with Crippen LogP contribution in [0.15, 0.2) is 30.3 Å². The molecule has 2 aromatic rings. The minimum absolute atomic E-state index is 0.226. The van der Waals surface area contributed by atoms with Gasteiger partial charge in [-0.05, 0) is 38.0 Å². The van der Waals surface area contributed by atoms with E-state index >= 15 is 0 Å². The van der Waals surface area contributed by atoms with Crippen LogP contribution >= 0.6 is 0 Å². The van der Waals surface area contributed by atoms with Crippen molar-refractivity contribution >= 4 is 17.9 Å². The molecule has 0 atom stereocenters. The van der Waals surface area contributed by atoms with Gasteiger partial charge in [0.25, 0.3) is 0 Å². The fourth-order valence-corrected chi connectivity index (χ4v) is 3.07. The van der Waals surface area contributed by atoms with Crippen LogP contribution in [0.25, 0.3) is 0 Å². The smallest absolute Gasteiger partial charge is 0.409 e. The molecule has 8 heteroatoms. The molecule has 0 unspecified atom stereocenters. The number of ether oxygens (including phenoxy) is 1. The maximum Gasteiger partial charge on any atom is 0.409 e. The number of carbonyl (C=O) groups is 1. The zero-order valence-electron chi connectivity index (χ0n) is 16.3. The van der Waals surface area contributed by atoms with E-state index in [1.54, 1.807) is 24.0 Å². The van der Waals surface area contributed by atoms with Crippen LogP contribution in [-0.4, -0.2) is 60.3 Å². The average Bonchev–Trinajstić information content (AvgIpc) is 2.69. The number of amides is 1. The SMILES string of the molecule is CCOC(=O)N1CCN(c2nc(C)cc(NCCc3ccc(F)cc3)n2)CC1. The van der Waals surface area contributed by atoms with Crippen LogP contribution < -0.4 is 10.2 Å². The van der Waals surface area contributed by atoms with Gasteiger partial charge in [0.2, 0.25) is 5.95 Å². The maximum absolute atomic E-state index is 13.0. The van der Waals surface area contributed by atoms with E-state index in [0.29, 0.717) is 45.3 Å². The second kappa shape index (κ2) is 9.34. The van der Waals surface area contributed by atoms with E-state index in [4.69, 9.17) is 4.74 Å². The lowest BCUT2D eigenvalue weighted by Gasteiger charge is -2.34. The predicted molar refractivity (Wildman–Crippen MR) is 106 cm³/mol. The highest BCUT2D eigenvalue weighted by Crippen LogP contribution is 2.16. The first kappa shape index (κ1) is 19.9. The van der Waals surface area contributed by atoms with Gasteiger partial charge in [-0.25, -0.2) is 14.2 Å². The van der Waals surface area contributed by atoms with Crippen LogP contribution in [0.4, 0.5) is 21.0 Å². The van der Waals surface area contributed by atoms with Gasteiger partial charge in [-0.3, -0.25) is 0 Å². The Morgan fingerprint density at radius 3 is 2.57 bits per heavy atom. The highest BCUT2D eigenvalue weighted by Gasteiger charge is 2.23. The normalized spacial score (nSPS) is 14.1. The van der Waals surface area contributed by atoms with Gasteiger partial charge in [-0.2, -0.15) is 4.98 Å². The van der Waals surface area contributed by atoms with E-state index in [1.165, 1.54) is 12.1 Å². The summed E-state index contributed by atoms with van der Waals surface area (Å²) in [7, 11) is 0. The quantitative estimate of drug-likeness (QED) is 0.822. The lowest BCUT2D eigenvalue weighted by atomic mass is 10.1. The molecule has 0 bridgehead atoms. The number of benzene rings is 1. The minimum atomic E-state index is -0.268. The van der Waals surface area contributed by atoms with Gasteiger partial charge in [0, 0.05) is 44.5 Å². The number of hydrogen-bond acceptors (Lipinski definition) is 6. The Balaban J connectivity index is 1.56. The summed E-state index contributed by atoms with van der Waals surface area (Å²) in [4.78, 5) is 24.8. The molecule has 0 saturated carbocycles. The van der Waals surface area contributed by atoms with Gasteiger partial charge in [0.15, 0.2) is 0 Å². The average molecular weight is 387 g/mol. The van der Waals surface area contributed by atoms with E-state index in [0.717, 1.165) is 23.5 Å². The van der Waals surface area contributed by atoms with Crippen molar-refractivity contribution in [1.29, 1.82) is 0 Å². The molecule has 1 fully saturated rings. The largest absolute Gasteiger partial charge is 0.450 e. The molecule has 1 aliphatic rings. The number of piperazine rings is 1. The third kappa shape index (κ3) is 5.31. The van der Waals surface area contributed by atoms with Crippen LogP contribution in [0.2, 0.25) is 0 Å². The molecule has 1 aliphatic heterocycles. The number of nitrogens with one attached hydrogen (secondary N) is 1. The van der Waals surface area contributed by atoms with E-state index < -0.39 is 0 Å². The summed E-state index contributed by atoms with van der Waals surface area (Å²) in [6.45, 7) is 7.32. The Morgan fingerprint density at radius 2 is 1.89 bits per heavy atom. The van der Waals surface area contributed by atoms with Crippen molar-refractivity contribution in [1.82, 2.24) is 14.9 Å². The molecular formula is C20H26FN5O2. The molecular weight excluding hydrogens is 361 g/mol. The molecule has 28 heavy (non-hydrogen) atoms. The van der Waals surface area contributed by atoms with Gasteiger partial charge >= 0.3 is 6.09 Å². The lowest BCUT2D eigenvalue weighted by molar-refractivity contribution is 0.105. The predicted octanol–water partition coefficient (Wildman–Crippen LogP) is 2.86. The molecule has 1 N–H and O–H groups in total. The first-order valence-electron chi connectivity index (χ1n) is 9.56. The van der Waals surface area contributed by atoms with Crippen molar-refractivity contribution in [2.45, 2.75) is 20.3 Å². The van der Waals surface area contributed by atoms with E-state index in [2.05, 4.69) is 20.2 Å². The zero-order chi connectivity index (χ0) is 19.9. The van der Waals surface area contributed by atoms with Crippen LogP contribution in [0.1, 0.15) is 18.2 Å².